The molecule has 8 heteroatoms. The van der Waals surface area contributed by atoms with Crippen molar-refractivity contribution in [3.63, 3.8) is 0 Å². The first-order chi connectivity index (χ1) is 12.2. The van der Waals surface area contributed by atoms with Gasteiger partial charge in [-0.2, -0.15) is 0 Å². The maximum absolute atomic E-state index is 12.1. The van der Waals surface area contributed by atoms with Crippen LogP contribution in [-0.4, -0.2) is 29.8 Å². The number of carbonyl (C=O) groups is 2. The molecular weight excluding hydrogens is 338 g/mol. The van der Waals surface area contributed by atoms with Gasteiger partial charge in [0, 0.05) is 17.4 Å². The smallest absolute Gasteiger partial charge is 0.347 e. The van der Waals surface area contributed by atoms with E-state index in [1.807, 2.05) is 0 Å². The van der Waals surface area contributed by atoms with E-state index in [1.54, 1.807) is 42.5 Å². The zero-order chi connectivity index (χ0) is 19.3. The van der Waals surface area contributed by atoms with Gasteiger partial charge in [-0.05, 0) is 50.2 Å². The van der Waals surface area contributed by atoms with Crippen LogP contribution in [0.5, 0.6) is 11.5 Å². The first kappa shape index (κ1) is 18.9. The van der Waals surface area contributed by atoms with Crippen LogP contribution in [0.1, 0.15) is 13.8 Å². The number of amides is 2. The van der Waals surface area contributed by atoms with Gasteiger partial charge < -0.3 is 30.9 Å². The van der Waals surface area contributed by atoms with E-state index in [0.29, 0.717) is 28.6 Å². The Kier molecular flexibility index (Phi) is 5.56. The fraction of sp³-hybridized carbons (Fsp3) is 0.222. The minimum Gasteiger partial charge on any atom is -0.494 e. The summed E-state index contributed by atoms with van der Waals surface area (Å²) in [5, 5.41) is 14.4. The zero-order valence-electron chi connectivity index (χ0n) is 14.7. The number of benzene rings is 2. The zero-order valence-corrected chi connectivity index (χ0v) is 14.7. The minimum atomic E-state index is -1.35. The molecule has 0 aliphatic rings. The number of anilines is 3. The molecule has 2 rings (SSSR count). The Bertz CT molecular complexity index is 803. The predicted octanol–water partition coefficient (Wildman–Crippen LogP) is 3.16. The molecule has 0 atom stereocenters. The fourth-order valence-corrected chi connectivity index (χ4v) is 2.04. The molecule has 0 aromatic heterocycles. The van der Waals surface area contributed by atoms with Crippen LogP contribution in [0.4, 0.5) is 21.9 Å². The molecule has 0 radical (unpaired) electrons. The molecule has 0 saturated carbocycles. The van der Waals surface area contributed by atoms with Gasteiger partial charge in [-0.1, -0.05) is 0 Å². The Hall–Kier alpha value is -3.42. The van der Waals surface area contributed by atoms with E-state index in [4.69, 9.17) is 20.3 Å². The summed E-state index contributed by atoms with van der Waals surface area (Å²) >= 11 is 0. The van der Waals surface area contributed by atoms with Crippen LogP contribution < -0.4 is 25.8 Å². The van der Waals surface area contributed by atoms with Crippen molar-refractivity contribution in [2.45, 2.75) is 19.4 Å². The summed E-state index contributed by atoms with van der Waals surface area (Å²) in [6.07, 6.45) is 0. The highest BCUT2D eigenvalue weighted by Gasteiger charge is 2.29. The molecule has 5 N–H and O–H groups in total. The lowest BCUT2D eigenvalue weighted by Gasteiger charge is -2.21. The van der Waals surface area contributed by atoms with Gasteiger partial charge in [0.05, 0.1) is 12.8 Å². The van der Waals surface area contributed by atoms with Crippen molar-refractivity contribution >= 4 is 29.1 Å². The molecular formula is C18H21N3O5. The third-order valence-electron chi connectivity index (χ3n) is 3.47. The number of hydrogen-bond donors (Lipinski definition) is 4. The van der Waals surface area contributed by atoms with Gasteiger partial charge in [0.2, 0.25) is 0 Å². The number of carboxylic acid groups (broad SMARTS) is 1. The highest BCUT2D eigenvalue weighted by molar-refractivity contribution is 6.00. The molecule has 0 heterocycles. The van der Waals surface area contributed by atoms with Crippen molar-refractivity contribution < 1.29 is 24.2 Å². The van der Waals surface area contributed by atoms with Crippen LogP contribution in [-0.2, 0) is 4.79 Å². The topological polar surface area (TPSA) is 123 Å². The molecule has 0 spiro atoms. The summed E-state index contributed by atoms with van der Waals surface area (Å²) in [7, 11) is 1.48. The molecule has 0 unspecified atom stereocenters. The molecule has 2 aromatic rings. The molecule has 0 fully saturated rings. The standard InChI is InChI=1S/C18H21N3O5/c1-18(2,16(22)23)26-13-7-5-12(6-8-13)20-17(24)21-14-9-4-11(19)10-15(14)25-3/h4-10H,19H2,1-3H3,(H,22,23)(H2,20,21,24). The lowest BCUT2D eigenvalue weighted by Crippen LogP contribution is -2.37. The second-order valence-corrected chi connectivity index (χ2v) is 5.98. The highest BCUT2D eigenvalue weighted by Crippen LogP contribution is 2.27. The van der Waals surface area contributed by atoms with Crippen LogP contribution in [0.25, 0.3) is 0 Å². The number of methoxy groups -OCH3 is 1. The highest BCUT2D eigenvalue weighted by atomic mass is 16.5. The second kappa shape index (κ2) is 7.64. The number of nitrogens with one attached hydrogen (secondary N) is 2. The maximum Gasteiger partial charge on any atom is 0.347 e. The molecule has 0 bridgehead atoms. The first-order valence-electron chi connectivity index (χ1n) is 7.75. The van der Waals surface area contributed by atoms with Crippen molar-refractivity contribution in [1.29, 1.82) is 0 Å². The lowest BCUT2D eigenvalue weighted by atomic mass is 10.1. The van der Waals surface area contributed by atoms with Gasteiger partial charge >= 0.3 is 12.0 Å². The van der Waals surface area contributed by atoms with Crippen LogP contribution in [0, 0.1) is 0 Å². The van der Waals surface area contributed by atoms with E-state index in [0.717, 1.165) is 0 Å². The molecule has 0 aliphatic carbocycles. The summed E-state index contributed by atoms with van der Waals surface area (Å²) in [5.41, 5.74) is 5.83. The van der Waals surface area contributed by atoms with Gasteiger partial charge in [0.15, 0.2) is 5.60 Å². The molecule has 138 valence electrons. The number of urea groups is 1. The Morgan fingerprint density at radius 1 is 1.08 bits per heavy atom. The normalized spacial score (nSPS) is 10.7. The van der Waals surface area contributed by atoms with Crippen molar-refractivity contribution in [1.82, 2.24) is 0 Å². The van der Waals surface area contributed by atoms with Gasteiger partial charge in [0.25, 0.3) is 0 Å². The van der Waals surface area contributed by atoms with Crippen molar-refractivity contribution in [3.8, 4) is 11.5 Å². The van der Waals surface area contributed by atoms with Gasteiger partial charge in [0.1, 0.15) is 11.5 Å². The van der Waals surface area contributed by atoms with E-state index in [2.05, 4.69) is 10.6 Å². The number of carboxylic acids is 1. The van der Waals surface area contributed by atoms with Crippen LogP contribution in [0.2, 0.25) is 0 Å². The summed E-state index contributed by atoms with van der Waals surface area (Å²) < 4.78 is 10.6. The van der Waals surface area contributed by atoms with Gasteiger partial charge in [-0.15, -0.1) is 0 Å². The summed E-state index contributed by atoms with van der Waals surface area (Å²) in [6, 6.07) is 10.8. The lowest BCUT2D eigenvalue weighted by molar-refractivity contribution is -0.152. The number of ether oxygens (including phenoxy) is 2. The van der Waals surface area contributed by atoms with Crippen LogP contribution in [0.15, 0.2) is 42.5 Å². The van der Waals surface area contributed by atoms with Crippen molar-refractivity contribution in [2.75, 3.05) is 23.5 Å². The summed E-state index contributed by atoms with van der Waals surface area (Å²) in [6.45, 7) is 2.91. The molecule has 2 amide bonds. The molecule has 26 heavy (non-hydrogen) atoms. The Balaban J connectivity index is 2.01. The Morgan fingerprint density at radius 3 is 2.31 bits per heavy atom. The summed E-state index contributed by atoms with van der Waals surface area (Å²) in [4.78, 5) is 23.2. The average molecular weight is 359 g/mol. The fourth-order valence-electron chi connectivity index (χ4n) is 2.04. The molecule has 0 saturated heterocycles. The Labute approximate surface area is 150 Å². The maximum atomic E-state index is 12.1. The van der Waals surface area contributed by atoms with E-state index in [9.17, 15) is 9.59 Å². The summed E-state index contributed by atoms with van der Waals surface area (Å²) in [5.74, 6) is -0.250. The number of nitrogen functional groups attached to an aromatic ring is 1. The van der Waals surface area contributed by atoms with E-state index < -0.39 is 17.6 Å². The van der Waals surface area contributed by atoms with Crippen LogP contribution in [0.3, 0.4) is 0 Å². The van der Waals surface area contributed by atoms with Gasteiger partial charge in [-0.3, -0.25) is 0 Å². The number of aliphatic carboxylic acids is 1. The van der Waals surface area contributed by atoms with Crippen molar-refractivity contribution in [2.24, 2.45) is 0 Å². The third-order valence-corrected chi connectivity index (χ3v) is 3.47. The Morgan fingerprint density at radius 2 is 1.73 bits per heavy atom. The minimum absolute atomic E-state index is 0.378. The number of carbonyl (C=O) groups excluding carboxylic acids is 1. The van der Waals surface area contributed by atoms with Gasteiger partial charge in [-0.25, -0.2) is 9.59 Å². The quantitative estimate of drug-likeness (QED) is 0.588. The second-order valence-electron chi connectivity index (χ2n) is 5.98. The van der Waals surface area contributed by atoms with Crippen LogP contribution >= 0.6 is 0 Å². The number of hydrogen-bond acceptors (Lipinski definition) is 5. The van der Waals surface area contributed by atoms with E-state index in [-0.39, 0.29) is 0 Å². The molecule has 2 aromatic carbocycles. The number of rotatable bonds is 6. The van der Waals surface area contributed by atoms with E-state index >= 15 is 0 Å². The average Bonchev–Trinajstić information content (AvgIpc) is 2.57. The van der Waals surface area contributed by atoms with Crippen molar-refractivity contribution in [3.05, 3.63) is 42.5 Å². The molecule has 8 nitrogen and oxygen atoms in total. The predicted molar refractivity (Wildman–Crippen MR) is 98.8 cm³/mol. The third kappa shape index (κ3) is 4.79. The first-order valence-corrected chi connectivity index (χ1v) is 7.75. The number of nitrogens with two attached hydrogens (primary N) is 1. The SMILES string of the molecule is COc1cc(N)ccc1NC(=O)Nc1ccc(OC(C)(C)C(=O)O)cc1. The molecule has 0 aliphatic heterocycles. The largest absolute Gasteiger partial charge is 0.494 e. The van der Waals surface area contributed by atoms with E-state index in [1.165, 1.54) is 21.0 Å². The monoisotopic (exact) mass is 359 g/mol.